The Morgan fingerprint density at radius 3 is 2.74 bits per heavy atom. The molecule has 0 spiro atoms. The monoisotopic (exact) mass is 302 g/mol. The van der Waals surface area contributed by atoms with E-state index in [1.54, 1.807) is 13.8 Å². The highest BCUT2D eigenvalue weighted by atomic mass is 32.2. The number of aliphatic carboxylic acids is 1. The third kappa shape index (κ3) is 3.63. The number of thioether (sulfide) groups is 1. The van der Waals surface area contributed by atoms with Gasteiger partial charge in [-0.1, -0.05) is 6.92 Å². The number of carboxylic acids is 1. The minimum Gasteiger partial charge on any atom is -0.481 e. The second-order valence-corrected chi connectivity index (χ2v) is 6.82. The highest BCUT2D eigenvalue weighted by Gasteiger charge is 2.32. The summed E-state index contributed by atoms with van der Waals surface area (Å²) in [7, 11) is 2.03. The highest BCUT2D eigenvalue weighted by molar-refractivity contribution is 7.98. The Morgan fingerprint density at radius 1 is 1.63 bits per heavy atom. The van der Waals surface area contributed by atoms with Gasteiger partial charge in [0.05, 0.1) is 5.69 Å². The highest BCUT2D eigenvalue weighted by Crippen LogP contribution is 2.30. The predicted octanol–water partition coefficient (Wildman–Crippen LogP) is 3.08. The summed E-state index contributed by atoms with van der Waals surface area (Å²) < 4.78 is 0. The molecule has 0 aliphatic rings. The molecule has 0 aromatic carbocycles. The fraction of sp³-hybridized carbons (Fsp3) is 0.692. The molecule has 0 bridgehead atoms. The van der Waals surface area contributed by atoms with Crippen molar-refractivity contribution in [2.75, 3.05) is 24.0 Å². The van der Waals surface area contributed by atoms with Gasteiger partial charge in [0.2, 0.25) is 0 Å². The van der Waals surface area contributed by atoms with E-state index in [9.17, 15) is 9.90 Å². The average molecular weight is 302 g/mol. The van der Waals surface area contributed by atoms with Crippen LogP contribution in [0.3, 0.4) is 0 Å². The van der Waals surface area contributed by atoms with Gasteiger partial charge in [-0.3, -0.25) is 4.79 Å². The zero-order valence-corrected chi connectivity index (χ0v) is 13.8. The summed E-state index contributed by atoms with van der Waals surface area (Å²) in [4.78, 5) is 17.9. The van der Waals surface area contributed by atoms with E-state index in [2.05, 4.69) is 23.1 Å². The molecule has 0 radical (unpaired) electrons. The number of anilines is 1. The van der Waals surface area contributed by atoms with E-state index >= 15 is 0 Å². The van der Waals surface area contributed by atoms with Crippen molar-refractivity contribution in [3.05, 3.63) is 11.1 Å². The summed E-state index contributed by atoms with van der Waals surface area (Å²) in [6.07, 6.45) is 3.14. The van der Waals surface area contributed by atoms with Gasteiger partial charge in [-0.2, -0.15) is 11.8 Å². The first-order chi connectivity index (χ1) is 8.84. The zero-order chi connectivity index (χ0) is 14.6. The van der Waals surface area contributed by atoms with Crippen molar-refractivity contribution in [1.82, 2.24) is 4.98 Å². The molecule has 0 saturated heterocycles. The van der Waals surface area contributed by atoms with Crippen LogP contribution < -0.4 is 4.90 Å². The van der Waals surface area contributed by atoms with Gasteiger partial charge in [0, 0.05) is 24.2 Å². The maximum absolute atomic E-state index is 11.2. The zero-order valence-electron chi connectivity index (χ0n) is 12.1. The van der Waals surface area contributed by atoms with Gasteiger partial charge in [-0.15, -0.1) is 11.3 Å². The van der Waals surface area contributed by atoms with Crippen molar-refractivity contribution >= 4 is 34.2 Å². The molecule has 6 heteroatoms. The van der Waals surface area contributed by atoms with Crippen molar-refractivity contribution < 1.29 is 9.90 Å². The minimum absolute atomic E-state index is 0.432. The number of carbonyl (C=O) groups is 1. The van der Waals surface area contributed by atoms with Gasteiger partial charge < -0.3 is 10.0 Å². The molecular weight excluding hydrogens is 280 g/mol. The molecule has 0 saturated carbocycles. The van der Waals surface area contributed by atoms with Gasteiger partial charge in [0.1, 0.15) is 5.41 Å². The molecule has 0 aliphatic carbocycles. The van der Waals surface area contributed by atoms with Crippen molar-refractivity contribution in [3.63, 3.8) is 0 Å². The fourth-order valence-electron chi connectivity index (χ4n) is 1.67. The standard InChI is InChI=1S/C13H22N2O2S2/c1-6-9(7-18-5)15(4)12-14-10(8-19-12)13(2,3)11(16)17/h8-9H,6-7H2,1-5H3,(H,16,17). The molecule has 1 unspecified atom stereocenters. The average Bonchev–Trinajstić information content (AvgIpc) is 2.85. The number of aromatic nitrogens is 1. The SMILES string of the molecule is CCC(CSC)N(C)c1nc(C(C)(C)C(=O)O)cs1. The van der Waals surface area contributed by atoms with Crippen LogP contribution in [-0.2, 0) is 10.2 Å². The molecular formula is C13H22N2O2S2. The van der Waals surface area contributed by atoms with Crippen molar-refractivity contribution in [2.45, 2.75) is 38.6 Å². The molecule has 1 atom stereocenters. The van der Waals surface area contributed by atoms with Gasteiger partial charge in [0.25, 0.3) is 0 Å². The van der Waals surface area contributed by atoms with Gasteiger partial charge >= 0.3 is 5.97 Å². The van der Waals surface area contributed by atoms with Crippen LogP contribution in [0.15, 0.2) is 5.38 Å². The van der Waals surface area contributed by atoms with E-state index in [4.69, 9.17) is 0 Å². The summed E-state index contributed by atoms with van der Waals surface area (Å²) in [5.41, 5.74) is -0.303. The number of nitrogens with zero attached hydrogens (tertiary/aromatic N) is 2. The molecule has 1 heterocycles. The smallest absolute Gasteiger partial charge is 0.315 e. The van der Waals surface area contributed by atoms with Gasteiger partial charge in [-0.25, -0.2) is 4.98 Å². The first kappa shape index (κ1) is 16.3. The van der Waals surface area contributed by atoms with E-state index in [-0.39, 0.29) is 0 Å². The Kier molecular flexibility index (Phi) is 5.67. The molecule has 1 rings (SSSR count). The van der Waals surface area contributed by atoms with Crippen LogP contribution in [-0.4, -0.2) is 41.2 Å². The maximum atomic E-state index is 11.2. The fourth-order valence-corrected chi connectivity index (χ4v) is 3.55. The summed E-state index contributed by atoms with van der Waals surface area (Å²) in [6, 6.07) is 0.432. The lowest BCUT2D eigenvalue weighted by Gasteiger charge is -2.26. The number of carboxylic acid groups (broad SMARTS) is 1. The molecule has 0 fully saturated rings. The Morgan fingerprint density at radius 2 is 2.26 bits per heavy atom. The van der Waals surface area contributed by atoms with E-state index in [1.165, 1.54) is 11.3 Å². The Hall–Kier alpha value is -0.750. The molecule has 1 aromatic rings. The van der Waals surface area contributed by atoms with Crippen molar-refractivity contribution in [3.8, 4) is 0 Å². The van der Waals surface area contributed by atoms with E-state index < -0.39 is 11.4 Å². The summed E-state index contributed by atoms with van der Waals surface area (Å²) >= 11 is 3.33. The van der Waals surface area contributed by atoms with E-state index in [1.807, 2.05) is 24.2 Å². The molecule has 1 N–H and O–H groups in total. The number of hydrogen-bond donors (Lipinski definition) is 1. The normalized spacial score (nSPS) is 13.3. The molecule has 19 heavy (non-hydrogen) atoms. The number of hydrogen-bond acceptors (Lipinski definition) is 5. The molecule has 1 aromatic heterocycles. The third-order valence-electron chi connectivity index (χ3n) is 3.35. The summed E-state index contributed by atoms with van der Waals surface area (Å²) in [5.74, 6) is 0.202. The minimum atomic E-state index is -0.934. The Balaban J connectivity index is 2.93. The van der Waals surface area contributed by atoms with Crippen LogP contribution in [0.1, 0.15) is 32.9 Å². The van der Waals surface area contributed by atoms with Gasteiger partial charge in [-0.05, 0) is 26.5 Å². The van der Waals surface area contributed by atoms with Crippen LogP contribution in [0.25, 0.3) is 0 Å². The lowest BCUT2D eigenvalue weighted by molar-refractivity contribution is -0.142. The second-order valence-electron chi connectivity index (χ2n) is 5.07. The number of rotatable bonds is 7. The molecule has 0 amide bonds. The topological polar surface area (TPSA) is 53.4 Å². The third-order valence-corrected chi connectivity index (χ3v) is 5.00. The molecule has 108 valence electrons. The van der Waals surface area contributed by atoms with Crippen LogP contribution in [0.5, 0.6) is 0 Å². The molecule has 0 aliphatic heterocycles. The summed E-state index contributed by atoms with van der Waals surface area (Å²) in [5, 5.41) is 12.0. The molecule has 4 nitrogen and oxygen atoms in total. The first-order valence-electron chi connectivity index (χ1n) is 6.25. The Labute approximate surface area is 123 Å². The Bertz CT molecular complexity index is 432. The van der Waals surface area contributed by atoms with E-state index in [0.717, 1.165) is 17.3 Å². The lowest BCUT2D eigenvalue weighted by Crippen LogP contribution is -2.33. The predicted molar refractivity (Wildman–Crippen MR) is 83.6 cm³/mol. The van der Waals surface area contributed by atoms with Crippen molar-refractivity contribution in [1.29, 1.82) is 0 Å². The van der Waals surface area contributed by atoms with E-state index in [0.29, 0.717) is 11.7 Å². The maximum Gasteiger partial charge on any atom is 0.315 e. The number of thiazole rings is 1. The second kappa shape index (κ2) is 6.61. The first-order valence-corrected chi connectivity index (χ1v) is 8.53. The van der Waals surface area contributed by atoms with Crippen LogP contribution in [0.4, 0.5) is 5.13 Å². The van der Waals surface area contributed by atoms with Gasteiger partial charge in [0.15, 0.2) is 5.13 Å². The largest absolute Gasteiger partial charge is 0.481 e. The summed E-state index contributed by atoms with van der Waals surface area (Å²) in [6.45, 7) is 5.54. The lowest BCUT2D eigenvalue weighted by atomic mass is 9.90. The van der Waals surface area contributed by atoms with Crippen molar-refractivity contribution in [2.24, 2.45) is 0 Å². The van der Waals surface area contributed by atoms with Crippen LogP contribution >= 0.6 is 23.1 Å². The van der Waals surface area contributed by atoms with Crippen LogP contribution in [0.2, 0.25) is 0 Å². The quantitative estimate of drug-likeness (QED) is 0.839. The van der Waals surface area contributed by atoms with Crippen LogP contribution in [0, 0.1) is 0 Å².